The van der Waals surface area contributed by atoms with E-state index in [0.29, 0.717) is 17.5 Å². The Bertz CT molecular complexity index is 1990. The lowest BCUT2D eigenvalue weighted by Crippen LogP contribution is -2.39. The number of carbonyl (C=O) groups is 1. The first-order chi connectivity index (χ1) is 23.1. The predicted molar refractivity (Wildman–Crippen MR) is 195 cm³/mol. The number of aromatic nitrogens is 2. The van der Waals surface area contributed by atoms with E-state index in [2.05, 4.69) is 64.7 Å². The maximum absolute atomic E-state index is 13.4. The number of carbonyl (C=O) groups excluding carboxylic acids is 1. The Labute approximate surface area is 287 Å². The number of nitrogens with one attached hydrogen (secondary N) is 1. The van der Waals surface area contributed by atoms with Crippen molar-refractivity contribution in [1.82, 2.24) is 14.5 Å². The van der Waals surface area contributed by atoms with Crippen molar-refractivity contribution in [3.05, 3.63) is 121 Å². The van der Waals surface area contributed by atoms with Gasteiger partial charge in [0.25, 0.3) is 11.5 Å². The van der Waals surface area contributed by atoms with Gasteiger partial charge in [-0.15, -0.1) is 5.73 Å². The molecule has 0 spiro atoms. The summed E-state index contributed by atoms with van der Waals surface area (Å²) in [6, 6.07) is 18.8. The molecule has 0 aliphatic carbocycles. The number of hydrogen-bond donors (Lipinski definition) is 3. The molecular weight excluding hydrogens is 618 g/mol. The molecule has 4 aromatic rings. The summed E-state index contributed by atoms with van der Waals surface area (Å²) in [7, 11) is 1.35. The second-order valence-corrected chi connectivity index (χ2v) is 13.5. The van der Waals surface area contributed by atoms with Crippen LogP contribution in [0.1, 0.15) is 100 Å². The maximum Gasteiger partial charge on any atom is 0.338 e. The van der Waals surface area contributed by atoms with E-state index >= 15 is 0 Å². The SMILES string of the molecule is CCC(NC(=O)c1ccc(-n2c(=O)c(C=C=Cc3ccc(O)cc3)c(O)n(C)c2=O)cc1)Oc1ccc(C(C)(C)CC)cc1C(C)(C)CC. The van der Waals surface area contributed by atoms with E-state index in [1.807, 2.05) is 13.0 Å². The molecule has 9 nitrogen and oxygen atoms in total. The molecule has 4 rings (SSSR count). The van der Waals surface area contributed by atoms with E-state index in [1.54, 1.807) is 18.2 Å². The minimum absolute atomic E-state index is 0.0150. The lowest BCUT2D eigenvalue weighted by Gasteiger charge is -2.31. The van der Waals surface area contributed by atoms with Crippen LogP contribution in [-0.2, 0) is 17.9 Å². The zero-order valence-electron chi connectivity index (χ0n) is 29.6. The molecule has 1 amide bonds. The zero-order chi connectivity index (χ0) is 36.1. The highest BCUT2D eigenvalue weighted by atomic mass is 16.5. The zero-order valence-corrected chi connectivity index (χ0v) is 29.6. The van der Waals surface area contributed by atoms with Gasteiger partial charge in [-0.25, -0.2) is 9.36 Å². The van der Waals surface area contributed by atoms with Crippen LogP contribution in [-0.4, -0.2) is 31.5 Å². The molecule has 9 heteroatoms. The average molecular weight is 666 g/mol. The molecule has 1 atom stereocenters. The average Bonchev–Trinajstić information content (AvgIpc) is 3.09. The lowest BCUT2D eigenvalue weighted by molar-refractivity contribution is 0.0819. The first kappa shape index (κ1) is 36.6. The van der Waals surface area contributed by atoms with Gasteiger partial charge in [0, 0.05) is 24.6 Å². The normalized spacial score (nSPS) is 12.2. The molecule has 0 aliphatic heterocycles. The quantitative estimate of drug-likeness (QED) is 0.109. The van der Waals surface area contributed by atoms with Crippen molar-refractivity contribution in [2.24, 2.45) is 7.05 Å². The van der Waals surface area contributed by atoms with E-state index in [9.17, 15) is 24.6 Å². The van der Waals surface area contributed by atoms with Crippen molar-refractivity contribution >= 4 is 18.1 Å². The highest BCUT2D eigenvalue weighted by Gasteiger charge is 2.28. The van der Waals surface area contributed by atoms with Gasteiger partial charge in [0.05, 0.1) is 5.69 Å². The topological polar surface area (TPSA) is 123 Å². The van der Waals surface area contributed by atoms with E-state index < -0.39 is 23.4 Å². The van der Waals surface area contributed by atoms with Gasteiger partial charge >= 0.3 is 5.69 Å². The summed E-state index contributed by atoms with van der Waals surface area (Å²) in [5.74, 6) is -0.0273. The smallest absolute Gasteiger partial charge is 0.338 e. The third kappa shape index (κ3) is 8.07. The lowest BCUT2D eigenvalue weighted by atomic mass is 9.76. The number of hydrogen-bond acceptors (Lipinski definition) is 6. The van der Waals surface area contributed by atoms with Gasteiger partial charge in [-0.05, 0) is 89.4 Å². The second kappa shape index (κ2) is 14.9. The van der Waals surface area contributed by atoms with E-state index in [-0.39, 0.29) is 33.7 Å². The Hall–Kier alpha value is -5.27. The van der Waals surface area contributed by atoms with Crippen LogP contribution >= 0.6 is 0 Å². The third-order valence-electron chi connectivity index (χ3n) is 9.42. The Kier molecular flexibility index (Phi) is 11.1. The molecule has 1 aromatic heterocycles. The fourth-order valence-electron chi connectivity index (χ4n) is 5.21. The van der Waals surface area contributed by atoms with Crippen LogP contribution < -0.4 is 21.3 Å². The van der Waals surface area contributed by atoms with Gasteiger partial charge in [-0.3, -0.25) is 14.2 Å². The highest BCUT2D eigenvalue weighted by molar-refractivity contribution is 5.94. The summed E-state index contributed by atoms with van der Waals surface area (Å²) < 4.78 is 8.32. The monoisotopic (exact) mass is 665 g/mol. The first-order valence-corrected chi connectivity index (χ1v) is 16.6. The molecule has 0 radical (unpaired) electrons. The van der Waals surface area contributed by atoms with Crippen LogP contribution in [0.25, 0.3) is 17.8 Å². The molecule has 1 unspecified atom stereocenters. The molecular formula is C40H47N3O6. The summed E-state index contributed by atoms with van der Waals surface area (Å²) in [5, 5.41) is 23.0. The molecule has 0 fully saturated rings. The van der Waals surface area contributed by atoms with Crippen LogP contribution in [0.4, 0.5) is 0 Å². The third-order valence-corrected chi connectivity index (χ3v) is 9.42. The Morgan fingerprint density at radius 2 is 1.53 bits per heavy atom. The molecule has 0 saturated carbocycles. The van der Waals surface area contributed by atoms with Crippen molar-refractivity contribution in [2.45, 2.75) is 84.8 Å². The van der Waals surface area contributed by atoms with Crippen molar-refractivity contribution in [3.8, 4) is 23.1 Å². The van der Waals surface area contributed by atoms with Crippen LogP contribution in [0.3, 0.4) is 0 Å². The number of amides is 1. The number of phenolic OH excluding ortho intramolecular Hbond substituents is 1. The van der Waals surface area contributed by atoms with Crippen LogP contribution in [0, 0.1) is 0 Å². The van der Waals surface area contributed by atoms with Crippen molar-refractivity contribution < 1.29 is 19.7 Å². The number of ether oxygens (including phenoxy) is 1. The van der Waals surface area contributed by atoms with Crippen molar-refractivity contribution in [2.75, 3.05) is 0 Å². The molecule has 1 heterocycles. The van der Waals surface area contributed by atoms with Gasteiger partial charge in [0.1, 0.15) is 17.1 Å². The van der Waals surface area contributed by atoms with Gasteiger partial charge in [-0.1, -0.05) is 72.7 Å². The fourth-order valence-corrected chi connectivity index (χ4v) is 5.21. The molecule has 49 heavy (non-hydrogen) atoms. The minimum atomic E-state index is -0.752. The van der Waals surface area contributed by atoms with E-state index in [1.165, 1.54) is 55.1 Å². The maximum atomic E-state index is 13.4. The van der Waals surface area contributed by atoms with Gasteiger partial charge in [0.15, 0.2) is 6.23 Å². The predicted octanol–water partition coefficient (Wildman–Crippen LogP) is 7.19. The Balaban J connectivity index is 1.59. The van der Waals surface area contributed by atoms with Crippen LogP contribution in [0.5, 0.6) is 17.4 Å². The van der Waals surface area contributed by atoms with Gasteiger partial charge in [-0.2, -0.15) is 0 Å². The van der Waals surface area contributed by atoms with E-state index in [4.69, 9.17) is 4.74 Å². The van der Waals surface area contributed by atoms with Crippen molar-refractivity contribution in [1.29, 1.82) is 0 Å². The van der Waals surface area contributed by atoms with Crippen LogP contribution in [0.2, 0.25) is 0 Å². The molecule has 258 valence electrons. The number of phenols is 1. The summed E-state index contributed by atoms with van der Waals surface area (Å²) in [6.07, 6.45) is 4.70. The summed E-state index contributed by atoms with van der Waals surface area (Å²) >= 11 is 0. The molecule has 0 saturated heterocycles. The summed E-state index contributed by atoms with van der Waals surface area (Å²) in [4.78, 5) is 39.9. The summed E-state index contributed by atoms with van der Waals surface area (Å²) in [5.41, 5.74) is 4.68. The van der Waals surface area contributed by atoms with Crippen LogP contribution in [0.15, 0.2) is 82.1 Å². The van der Waals surface area contributed by atoms with Gasteiger partial charge < -0.3 is 20.3 Å². The standard InChI is InChI=1S/C40H47N3O6/c1-9-34(49-33-24-19-28(39(4,5)10-2)25-32(33)40(6,7)11-3)41-35(45)27-17-20-29(21-18-27)43-37(47)31(36(46)42(8)38(43)48)14-12-13-26-15-22-30(44)23-16-26/h13-25,34,44,46H,9-11H2,1-8H3,(H,41,45). The first-order valence-electron chi connectivity index (χ1n) is 16.6. The number of benzene rings is 3. The molecule has 3 N–H and O–H groups in total. The largest absolute Gasteiger partial charge is 0.508 e. The summed E-state index contributed by atoms with van der Waals surface area (Å²) in [6.45, 7) is 15.1. The number of rotatable bonds is 12. The molecule has 0 bridgehead atoms. The minimum Gasteiger partial charge on any atom is -0.508 e. The molecule has 0 aliphatic rings. The Morgan fingerprint density at radius 1 is 0.898 bits per heavy atom. The second-order valence-electron chi connectivity index (χ2n) is 13.5. The number of aromatic hydroxyl groups is 2. The Morgan fingerprint density at radius 3 is 2.12 bits per heavy atom. The fraction of sp³-hybridized carbons (Fsp3) is 0.350. The molecule has 3 aromatic carbocycles. The van der Waals surface area contributed by atoms with Gasteiger partial charge in [0.2, 0.25) is 5.88 Å². The van der Waals surface area contributed by atoms with Crippen molar-refractivity contribution in [3.63, 3.8) is 0 Å². The number of nitrogens with zero attached hydrogens (tertiary/aromatic N) is 2. The highest BCUT2D eigenvalue weighted by Crippen LogP contribution is 2.39. The van der Waals surface area contributed by atoms with E-state index in [0.717, 1.165) is 33.3 Å².